The maximum atomic E-state index is 13.1. The molecule has 1 saturated carbocycles. The van der Waals surface area contributed by atoms with Crippen LogP contribution in [0.15, 0.2) is 29.2 Å². The molecule has 1 aromatic rings. The summed E-state index contributed by atoms with van der Waals surface area (Å²) in [4.78, 5) is 2.34. The minimum Gasteiger partial charge on any atom is -0.381 e. The third-order valence-corrected chi connectivity index (χ3v) is 10.1. The van der Waals surface area contributed by atoms with Gasteiger partial charge in [0.2, 0.25) is 9.84 Å². The number of hydrogen-bond donors (Lipinski definition) is 0. The molecule has 1 aliphatic rings. The lowest BCUT2D eigenvalue weighted by atomic mass is 10.00. The van der Waals surface area contributed by atoms with Gasteiger partial charge in [0.15, 0.2) is 15.6 Å². The van der Waals surface area contributed by atoms with Crippen LogP contribution in [0.5, 0.6) is 5.75 Å². The summed E-state index contributed by atoms with van der Waals surface area (Å²) in [5, 5.41) is -1.67. The van der Waals surface area contributed by atoms with Crippen LogP contribution >= 0.6 is 0 Å². The van der Waals surface area contributed by atoms with Crippen LogP contribution < -0.4 is 4.18 Å². The van der Waals surface area contributed by atoms with Gasteiger partial charge >= 0.3 is 15.7 Å². The lowest BCUT2D eigenvalue weighted by Crippen LogP contribution is -2.34. The number of sulfone groups is 2. The van der Waals surface area contributed by atoms with Crippen molar-refractivity contribution in [3.05, 3.63) is 29.8 Å². The molecule has 0 bridgehead atoms. The second-order valence-electron chi connectivity index (χ2n) is 6.90. The van der Waals surface area contributed by atoms with E-state index in [4.69, 9.17) is 9.71 Å². The molecule has 0 saturated heterocycles. The van der Waals surface area contributed by atoms with Gasteiger partial charge in [-0.25, -0.2) is 16.8 Å². The van der Waals surface area contributed by atoms with E-state index in [1.165, 1.54) is 24.3 Å². The van der Waals surface area contributed by atoms with Crippen molar-refractivity contribution in [1.29, 1.82) is 0 Å². The summed E-state index contributed by atoms with van der Waals surface area (Å²) in [7, 11) is -11.6. The van der Waals surface area contributed by atoms with E-state index in [0.29, 0.717) is 18.4 Å². The fraction of sp³-hybridized carbons (Fsp3) is 0.588. The predicted molar refractivity (Wildman–Crippen MR) is 108 cm³/mol. The van der Waals surface area contributed by atoms with E-state index < -0.39 is 40.3 Å². The van der Waals surface area contributed by atoms with Gasteiger partial charge in [-0.15, -0.1) is 0 Å². The number of benzene rings is 1. The third-order valence-electron chi connectivity index (χ3n) is 4.84. The van der Waals surface area contributed by atoms with Crippen molar-refractivity contribution in [3.63, 3.8) is 0 Å². The van der Waals surface area contributed by atoms with Crippen LogP contribution in [0.2, 0.25) is 0 Å². The van der Waals surface area contributed by atoms with Crippen molar-refractivity contribution < 1.29 is 34.2 Å². The summed E-state index contributed by atoms with van der Waals surface area (Å²) >= 11 is 0. The van der Waals surface area contributed by atoms with Gasteiger partial charge in [0.1, 0.15) is 4.90 Å². The molecule has 0 atom stereocenters. The van der Waals surface area contributed by atoms with Gasteiger partial charge < -0.3 is 9.71 Å². The van der Waals surface area contributed by atoms with Crippen molar-refractivity contribution in [2.24, 2.45) is 0 Å². The van der Waals surface area contributed by atoms with E-state index >= 15 is 0 Å². The Labute approximate surface area is 171 Å². The Balaban J connectivity index is 2.24. The summed E-state index contributed by atoms with van der Waals surface area (Å²) in [6.07, 6.45) is 1.40. The van der Waals surface area contributed by atoms with Crippen LogP contribution in [-0.4, -0.2) is 51.8 Å². The standard InChI is InChI=1S/C17H24N2O7S3/c1-2-3-12-28(22,23)26-16-6-4-5-7-17(16)29(24,25)15-10-8-14(9-11-15)27(20,21)13-19-18/h4-7,13-15H,2-3,8-12H2,1H3. The second-order valence-corrected chi connectivity index (χ2v) is 12.8. The molecule has 29 heavy (non-hydrogen) atoms. The van der Waals surface area contributed by atoms with Gasteiger partial charge in [0.25, 0.3) is 0 Å². The average molecular weight is 465 g/mol. The zero-order valence-electron chi connectivity index (χ0n) is 16.0. The molecule has 0 spiro atoms. The molecule has 0 aliphatic heterocycles. The molecule has 1 aromatic carbocycles. The van der Waals surface area contributed by atoms with Gasteiger partial charge in [-0.2, -0.15) is 13.2 Å². The topological polar surface area (TPSA) is 148 Å². The van der Waals surface area contributed by atoms with Crippen molar-refractivity contribution in [3.8, 4) is 5.75 Å². The first-order valence-corrected chi connectivity index (χ1v) is 13.9. The van der Waals surface area contributed by atoms with Crippen molar-refractivity contribution in [2.75, 3.05) is 5.75 Å². The lowest BCUT2D eigenvalue weighted by Gasteiger charge is -2.26. The first-order valence-electron chi connectivity index (χ1n) is 9.20. The molecule has 9 nitrogen and oxygen atoms in total. The summed E-state index contributed by atoms with van der Waals surface area (Å²) in [6.45, 7) is 1.83. The van der Waals surface area contributed by atoms with Crippen LogP contribution in [-0.2, 0) is 29.8 Å². The minimum absolute atomic E-state index is 0.0857. The van der Waals surface area contributed by atoms with E-state index in [1.54, 1.807) is 0 Å². The van der Waals surface area contributed by atoms with Crippen LogP contribution in [0.3, 0.4) is 0 Å². The number of hydrogen-bond acceptors (Lipinski definition) is 7. The van der Waals surface area contributed by atoms with Gasteiger partial charge in [0.05, 0.1) is 16.3 Å². The van der Waals surface area contributed by atoms with Crippen molar-refractivity contribution in [1.82, 2.24) is 0 Å². The van der Waals surface area contributed by atoms with Crippen LogP contribution in [0.1, 0.15) is 45.4 Å². The van der Waals surface area contributed by atoms with Gasteiger partial charge in [-0.05, 0) is 44.2 Å². The summed E-state index contributed by atoms with van der Waals surface area (Å²) in [5.74, 6) is -0.460. The Kier molecular flexibility index (Phi) is 7.61. The highest BCUT2D eigenvalue weighted by molar-refractivity contribution is 8.04. The van der Waals surface area contributed by atoms with Crippen LogP contribution in [0.25, 0.3) is 5.53 Å². The smallest absolute Gasteiger partial charge is 0.370 e. The monoisotopic (exact) mass is 464 g/mol. The number of unbranched alkanes of at least 4 members (excludes halogenated alkanes) is 1. The molecule has 0 N–H and O–H groups in total. The third kappa shape index (κ3) is 5.88. The highest BCUT2D eigenvalue weighted by Crippen LogP contribution is 2.35. The Hall–Kier alpha value is -1.75. The predicted octanol–water partition coefficient (Wildman–Crippen LogP) is 1.95. The molecule has 1 aliphatic carbocycles. The average Bonchev–Trinajstić information content (AvgIpc) is 2.66. The molecule has 0 amide bonds. The Bertz CT molecular complexity index is 1080. The van der Waals surface area contributed by atoms with E-state index in [2.05, 4.69) is 4.79 Å². The van der Waals surface area contributed by atoms with E-state index in [0.717, 1.165) is 0 Å². The van der Waals surface area contributed by atoms with Gasteiger partial charge in [-0.1, -0.05) is 25.5 Å². The quantitative estimate of drug-likeness (QED) is 0.178. The van der Waals surface area contributed by atoms with Gasteiger partial charge in [0, 0.05) is 0 Å². The lowest BCUT2D eigenvalue weighted by molar-refractivity contribution is 0.00744. The molecule has 0 heterocycles. The molecule has 0 aromatic heterocycles. The fourth-order valence-corrected chi connectivity index (χ4v) is 7.60. The SMILES string of the molecule is CCCCS(=O)(=O)Oc1ccccc1S(=O)(=O)C1CCC(S(=O)(=O)C=[N+]=[N-])CC1. The highest BCUT2D eigenvalue weighted by atomic mass is 32.2. The number of para-hydroxylation sites is 1. The molecule has 1 fully saturated rings. The molecule has 162 valence electrons. The molecular weight excluding hydrogens is 440 g/mol. The number of rotatable bonds is 9. The van der Waals surface area contributed by atoms with Crippen molar-refractivity contribution in [2.45, 2.75) is 60.8 Å². The van der Waals surface area contributed by atoms with E-state index in [9.17, 15) is 25.3 Å². The number of nitrogens with zero attached hydrogens (tertiary/aromatic N) is 2. The molecule has 12 heteroatoms. The Morgan fingerprint density at radius 1 is 1.03 bits per heavy atom. The van der Waals surface area contributed by atoms with E-state index in [-0.39, 0.29) is 42.1 Å². The van der Waals surface area contributed by atoms with Crippen LogP contribution in [0, 0.1) is 0 Å². The zero-order chi connectivity index (χ0) is 21.7. The Morgan fingerprint density at radius 3 is 2.21 bits per heavy atom. The molecule has 0 radical (unpaired) electrons. The minimum atomic E-state index is -3.93. The molecule has 2 rings (SSSR count). The summed E-state index contributed by atoms with van der Waals surface area (Å²) in [6, 6.07) is 5.55. The fourth-order valence-electron chi connectivity index (χ4n) is 3.26. The second kappa shape index (κ2) is 9.38. The maximum absolute atomic E-state index is 13.1. The zero-order valence-corrected chi connectivity index (χ0v) is 18.4. The summed E-state index contributed by atoms with van der Waals surface area (Å²) in [5.41, 5.74) is 8.94. The maximum Gasteiger partial charge on any atom is 0.370 e. The van der Waals surface area contributed by atoms with Crippen molar-refractivity contribution >= 4 is 35.3 Å². The Morgan fingerprint density at radius 2 is 1.62 bits per heavy atom. The largest absolute Gasteiger partial charge is 0.381 e. The first kappa shape index (κ1) is 23.5. The highest BCUT2D eigenvalue weighted by Gasteiger charge is 2.38. The molecular formula is C17H24N2O7S3. The van der Waals surface area contributed by atoms with E-state index in [1.807, 2.05) is 6.92 Å². The molecule has 0 unspecified atom stereocenters. The van der Waals surface area contributed by atoms with Gasteiger partial charge in [-0.3, -0.25) is 0 Å². The summed E-state index contributed by atoms with van der Waals surface area (Å²) < 4.78 is 79.4. The normalized spacial score (nSPS) is 20.6. The van der Waals surface area contributed by atoms with Crippen LogP contribution in [0.4, 0.5) is 0 Å². The first-order chi connectivity index (χ1) is 13.5.